The zero-order valence-corrected chi connectivity index (χ0v) is 14.1. The average molecular weight is 336 g/mol. The number of rotatable bonds is 7. The maximum absolute atomic E-state index is 11.8. The predicted octanol–water partition coefficient (Wildman–Crippen LogP) is 1.50. The van der Waals surface area contributed by atoms with Crippen molar-refractivity contribution in [2.75, 3.05) is 47.1 Å². The Bertz CT molecular complexity index is 553. The van der Waals surface area contributed by atoms with Gasteiger partial charge in [0.25, 0.3) is 0 Å². The van der Waals surface area contributed by atoms with Gasteiger partial charge in [0.05, 0.1) is 39.6 Å². The van der Waals surface area contributed by atoms with Crippen LogP contribution in [0.5, 0.6) is 5.75 Å². The summed E-state index contributed by atoms with van der Waals surface area (Å²) in [6.07, 6.45) is 0.118. The van der Waals surface area contributed by atoms with Gasteiger partial charge in [0, 0.05) is 25.6 Å². The molecule has 0 bridgehead atoms. The monoisotopic (exact) mass is 336 g/mol. The average Bonchev–Trinajstić information content (AvgIpc) is 2.65. The molecule has 1 aliphatic heterocycles. The number of nitrogens with zero attached hydrogens (tertiary/aromatic N) is 2. The first-order valence-electron chi connectivity index (χ1n) is 7.89. The van der Waals surface area contributed by atoms with Gasteiger partial charge in [-0.1, -0.05) is 17.3 Å². The SMILES string of the molecule is COC(=O)CC(/C(CN1CCOCC1)=N/O)c1ccc(OC)cc1. The number of ether oxygens (including phenoxy) is 3. The van der Waals surface area contributed by atoms with Gasteiger partial charge in [-0.25, -0.2) is 0 Å². The summed E-state index contributed by atoms with van der Waals surface area (Å²) < 4.78 is 15.3. The van der Waals surface area contributed by atoms with Gasteiger partial charge in [-0.15, -0.1) is 0 Å². The van der Waals surface area contributed by atoms with Crippen molar-refractivity contribution < 1.29 is 24.2 Å². The number of hydrogen-bond donors (Lipinski definition) is 1. The lowest BCUT2D eigenvalue weighted by atomic mass is 9.90. The van der Waals surface area contributed by atoms with Crippen LogP contribution < -0.4 is 4.74 Å². The molecule has 1 saturated heterocycles. The summed E-state index contributed by atoms with van der Waals surface area (Å²) in [6, 6.07) is 7.39. The molecule has 1 N–H and O–H groups in total. The van der Waals surface area contributed by atoms with E-state index in [0.29, 0.717) is 25.5 Å². The van der Waals surface area contributed by atoms with E-state index in [4.69, 9.17) is 14.2 Å². The number of carbonyl (C=O) groups excluding carboxylic acids is 1. The van der Waals surface area contributed by atoms with Crippen molar-refractivity contribution in [3.8, 4) is 5.75 Å². The third-order valence-corrected chi connectivity index (χ3v) is 4.14. The topological polar surface area (TPSA) is 80.6 Å². The number of carbonyl (C=O) groups is 1. The van der Waals surface area contributed by atoms with Gasteiger partial charge in [-0.05, 0) is 17.7 Å². The first kappa shape index (κ1) is 18.2. The highest BCUT2D eigenvalue weighted by atomic mass is 16.5. The van der Waals surface area contributed by atoms with E-state index in [-0.39, 0.29) is 18.3 Å². The van der Waals surface area contributed by atoms with Crippen LogP contribution >= 0.6 is 0 Å². The van der Waals surface area contributed by atoms with Crippen molar-refractivity contribution in [3.63, 3.8) is 0 Å². The van der Waals surface area contributed by atoms with E-state index in [1.807, 2.05) is 24.3 Å². The molecule has 1 aromatic carbocycles. The Hall–Kier alpha value is -2.12. The van der Waals surface area contributed by atoms with Crippen LogP contribution in [0, 0.1) is 0 Å². The first-order valence-corrected chi connectivity index (χ1v) is 7.89. The standard InChI is InChI=1S/C17H24N2O5/c1-22-14-5-3-13(4-6-14)15(11-17(20)23-2)16(18-21)12-19-7-9-24-10-8-19/h3-6,15,21H,7-12H2,1-2H3/b18-16+. The molecule has 0 radical (unpaired) electrons. The Morgan fingerprint density at radius 3 is 2.50 bits per heavy atom. The van der Waals surface area contributed by atoms with Crippen LogP contribution in [0.15, 0.2) is 29.4 Å². The lowest BCUT2D eigenvalue weighted by molar-refractivity contribution is -0.140. The van der Waals surface area contributed by atoms with E-state index in [0.717, 1.165) is 24.4 Å². The van der Waals surface area contributed by atoms with Crippen LogP contribution in [0.1, 0.15) is 17.9 Å². The number of methoxy groups -OCH3 is 2. The minimum atomic E-state index is -0.351. The Labute approximate surface area is 141 Å². The fourth-order valence-electron chi connectivity index (χ4n) is 2.71. The summed E-state index contributed by atoms with van der Waals surface area (Å²) in [5.74, 6) is 0.0291. The highest BCUT2D eigenvalue weighted by Gasteiger charge is 2.25. The van der Waals surface area contributed by atoms with Crippen LogP contribution in [0.2, 0.25) is 0 Å². The Kier molecular flexibility index (Phi) is 7.02. The molecule has 0 spiro atoms. The number of oxime groups is 1. The van der Waals surface area contributed by atoms with E-state index in [1.54, 1.807) is 7.11 Å². The minimum Gasteiger partial charge on any atom is -0.497 e. The van der Waals surface area contributed by atoms with Crippen LogP contribution in [0.4, 0.5) is 0 Å². The predicted molar refractivity (Wildman–Crippen MR) is 88.8 cm³/mol. The second-order valence-electron chi connectivity index (χ2n) is 5.59. The van der Waals surface area contributed by atoms with E-state index >= 15 is 0 Å². The van der Waals surface area contributed by atoms with Gasteiger partial charge in [-0.3, -0.25) is 9.69 Å². The van der Waals surface area contributed by atoms with Gasteiger partial charge >= 0.3 is 5.97 Å². The molecule has 1 heterocycles. The zero-order chi connectivity index (χ0) is 17.4. The molecule has 1 fully saturated rings. The molecule has 132 valence electrons. The number of esters is 1. The Morgan fingerprint density at radius 1 is 1.29 bits per heavy atom. The second kappa shape index (κ2) is 9.24. The summed E-state index contributed by atoms with van der Waals surface area (Å²) in [5.41, 5.74) is 1.41. The van der Waals surface area contributed by atoms with E-state index in [2.05, 4.69) is 10.1 Å². The third kappa shape index (κ3) is 4.94. The first-order chi connectivity index (χ1) is 11.7. The van der Waals surface area contributed by atoms with Crippen molar-refractivity contribution in [1.82, 2.24) is 4.90 Å². The van der Waals surface area contributed by atoms with Crippen molar-refractivity contribution >= 4 is 11.7 Å². The molecule has 1 aliphatic rings. The molecule has 0 aromatic heterocycles. The van der Waals surface area contributed by atoms with Gasteiger partial charge in [0.2, 0.25) is 0 Å². The molecule has 0 saturated carbocycles. The summed E-state index contributed by atoms with van der Waals surface area (Å²) in [4.78, 5) is 14.0. The van der Waals surface area contributed by atoms with Gasteiger partial charge in [-0.2, -0.15) is 0 Å². The maximum atomic E-state index is 11.8. The smallest absolute Gasteiger partial charge is 0.306 e. The Balaban J connectivity index is 2.19. The van der Waals surface area contributed by atoms with Crippen molar-refractivity contribution in [2.24, 2.45) is 5.16 Å². The number of morpholine rings is 1. The summed E-state index contributed by atoms with van der Waals surface area (Å²) >= 11 is 0. The minimum absolute atomic E-state index is 0.118. The summed E-state index contributed by atoms with van der Waals surface area (Å²) in [7, 11) is 2.95. The molecule has 24 heavy (non-hydrogen) atoms. The molecule has 7 heteroatoms. The molecule has 0 amide bonds. The fraction of sp³-hybridized carbons (Fsp3) is 0.529. The fourth-order valence-corrected chi connectivity index (χ4v) is 2.71. The molecule has 1 aromatic rings. The molecule has 7 nitrogen and oxygen atoms in total. The third-order valence-electron chi connectivity index (χ3n) is 4.14. The molecule has 1 atom stereocenters. The van der Waals surface area contributed by atoms with Crippen LogP contribution in [-0.2, 0) is 14.3 Å². The zero-order valence-electron chi connectivity index (χ0n) is 14.1. The summed E-state index contributed by atoms with van der Waals surface area (Å²) in [5, 5.41) is 13.0. The van der Waals surface area contributed by atoms with Gasteiger partial charge < -0.3 is 19.4 Å². The normalized spacial score (nSPS) is 17.3. The van der Waals surface area contributed by atoms with E-state index < -0.39 is 0 Å². The second-order valence-corrected chi connectivity index (χ2v) is 5.59. The van der Waals surface area contributed by atoms with E-state index in [1.165, 1.54) is 7.11 Å². The van der Waals surface area contributed by atoms with Crippen LogP contribution in [-0.4, -0.2) is 68.9 Å². The molecular formula is C17H24N2O5. The van der Waals surface area contributed by atoms with Crippen molar-refractivity contribution in [1.29, 1.82) is 0 Å². The quantitative estimate of drug-likeness (QED) is 0.352. The maximum Gasteiger partial charge on any atom is 0.306 e. The van der Waals surface area contributed by atoms with E-state index in [9.17, 15) is 10.0 Å². The van der Waals surface area contributed by atoms with Crippen LogP contribution in [0.25, 0.3) is 0 Å². The highest BCUT2D eigenvalue weighted by Crippen LogP contribution is 2.25. The Morgan fingerprint density at radius 2 is 1.96 bits per heavy atom. The molecular weight excluding hydrogens is 312 g/mol. The van der Waals surface area contributed by atoms with Gasteiger partial charge in [0.1, 0.15) is 5.75 Å². The highest BCUT2D eigenvalue weighted by molar-refractivity contribution is 5.95. The number of hydrogen-bond acceptors (Lipinski definition) is 7. The van der Waals surface area contributed by atoms with Crippen molar-refractivity contribution in [3.05, 3.63) is 29.8 Å². The molecule has 1 unspecified atom stereocenters. The number of benzene rings is 1. The largest absolute Gasteiger partial charge is 0.497 e. The molecule has 0 aliphatic carbocycles. The van der Waals surface area contributed by atoms with Crippen LogP contribution in [0.3, 0.4) is 0 Å². The summed E-state index contributed by atoms with van der Waals surface area (Å²) in [6.45, 7) is 3.33. The lowest BCUT2D eigenvalue weighted by Crippen LogP contribution is -2.41. The lowest BCUT2D eigenvalue weighted by Gasteiger charge is -2.28. The molecule has 2 rings (SSSR count). The van der Waals surface area contributed by atoms with Gasteiger partial charge in [0.15, 0.2) is 0 Å². The van der Waals surface area contributed by atoms with Crippen molar-refractivity contribution in [2.45, 2.75) is 12.3 Å².